The van der Waals surface area contributed by atoms with Crippen molar-refractivity contribution in [3.63, 3.8) is 0 Å². The lowest BCUT2D eigenvalue weighted by Gasteiger charge is -2.43. The summed E-state index contributed by atoms with van der Waals surface area (Å²) in [4.78, 5) is 36.2. The molecule has 1 fully saturated rings. The van der Waals surface area contributed by atoms with Gasteiger partial charge in [-0.3, -0.25) is 19.8 Å². The molecule has 0 radical (unpaired) electrons. The molecular formula is C22H31N7O3. The van der Waals surface area contributed by atoms with Gasteiger partial charge in [-0.2, -0.15) is 5.10 Å². The molecule has 4 heterocycles. The van der Waals surface area contributed by atoms with E-state index in [9.17, 15) is 9.59 Å². The second-order valence-electron chi connectivity index (χ2n) is 8.94. The Bertz CT molecular complexity index is 975. The molecule has 32 heavy (non-hydrogen) atoms. The van der Waals surface area contributed by atoms with Crippen molar-refractivity contribution in [2.45, 2.75) is 45.3 Å². The van der Waals surface area contributed by atoms with E-state index in [0.717, 1.165) is 37.3 Å². The van der Waals surface area contributed by atoms with Crippen LogP contribution in [0.1, 0.15) is 48.9 Å². The minimum Gasteiger partial charge on any atom is -0.396 e. The Kier molecular flexibility index (Phi) is 6.16. The number of aromatic amines is 1. The average molecular weight is 442 g/mol. The van der Waals surface area contributed by atoms with Crippen LogP contribution in [0.5, 0.6) is 0 Å². The summed E-state index contributed by atoms with van der Waals surface area (Å²) >= 11 is 0. The van der Waals surface area contributed by atoms with E-state index >= 15 is 0 Å². The lowest BCUT2D eigenvalue weighted by Crippen LogP contribution is -2.58. The topological polar surface area (TPSA) is 118 Å². The predicted molar refractivity (Wildman–Crippen MR) is 119 cm³/mol. The third-order valence-corrected chi connectivity index (χ3v) is 6.42. The smallest absolute Gasteiger partial charge is 0.321 e. The summed E-state index contributed by atoms with van der Waals surface area (Å²) in [5.41, 5.74) is 1.38. The Labute approximate surface area is 187 Å². The normalized spacial score (nSPS) is 20.3. The Morgan fingerprint density at radius 3 is 2.81 bits per heavy atom. The highest BCUT2D eigenvalue weighted by atomic mass is 16.3. The summed E-state index contributed by atoms with van der Waals surface area (Å²) in [6, 6.07) is 5.21. The molecule has 0 bridgehead atoms. The van der Waals surface area contributed by atoms with Crippen molar-refractivity contribution in [3.05, 3.63) is 41.3 Å². The van der Waals surface area contributed by atoms with Crippen molar-refractivity contribution in [1.82, 2.24) is 29.9 Å². The Balaban J connectivity index is 1.47. The van der Waals surface area contributed by atoms with Gasteiger partial charge in [0.15, 0.2) is 5.82 Å². The molecule has 10 heteroatoms. The number of urea groups is 1. The number of fused-ring (bicyclic) bond motifs is 1. The van der Waals surface area contributed by atoms with Gasteiger partial charge in [0.25, 0.3) is 5.91 Å². The van der Waals surface area contributed by atoms with Crippen molar-refractivity contribution >= 4 is 17.8 Å². The largest absolute Gasteiger partial charge is 0.396 e. The molecule has 172 valence electrons. The zero-order chi connectivity index (χ0) is 22.9. The maximum absolute atomic E-state index is 13.5. The summed E-state index contributed by atoms with van der Waals surface area (Å²) in [6.45, 7) is 9.66. The number of piperazine rings is 1. The lowest BCUT2D eigenvalue weighted by molar-refractivity contribution is 0.0571. The Morgan fingerprint density at radius 2 is 2.12 bits per heavy atom. The van der Waals surface area contributed by atoms with Crippen LogP contribution in [0.3, 0.4) is 0 Å². The van der Waals surface area contributed by atoms with Gasteiger partial charge in [-0.05, 0) is 39.3 Å². The fourth-order valence-electron chi connectivity index (χ4n) is 4.56. The molecule has 1 atom stereocenters. The SMILES string of the molecule is CC1CN(CCCO)CCN1C(=O)N1Cc2c(NC(=O)c3ccccn3)n[nH]c2C1(C)C. The standard InChI is InChI=1S/C22H31N7O3/c1-15-13-27(9-6-12-30)10-11-28(15)21(32)29-14-16-18(22(29,2)3)25-26-19(16)24-20(31)17-7-4-5-8-23-17/h4-5,7-8,15,30H,6,9-14H2,1-3H3,(H2,24,25,26,31). The number of hydrogen-bond acceptors (Lipinski definition) is 6. The van der Waals surface area contributed by atoms with Crippen LogP contribution < -0.4 is 5.32 Å². The fourth-order valence-corrected chi connectivity index (χ4v) is 4.56. The first-order chi connectivity index (χ1) is 15.3. The van der Waals surface area contributed by atoms with E-state index in [1.807, 2.05) is 23.6 Å². The van der Waals surface area contributed by atoms with Crippen LogP contribution >= 0.6 is 0 Å². The van der Waals surface area contributed by atoms with Crippen molar-refractivity contribution in [2.75, 3.05) is 38.1 Å². The molecule has 0 spiro atoms. The van der Waals surface area contributed by atoms with Gasteiger partial charge in [-0.15, -0.1) is 0 Å². The molecular weight excluding hydrogens is 410 g/mol. The number of aliphatic hydroxyl groups excluding tert-OH is 1. The number of hydrogen-bond donors (Lipinski definition) is 3. The van der Waals surface area contributed by atoms with Gasteiger partial charge in [-0.25, -0.2) is 4.79 Å². The number of carbonyl (C=O) groups excluding carboxylic acids is 2. The molecule has 3 N–H and O–H groups in total. The minimum atomic E-state index is -0.582. The van der Waals surface area contributed by atoms with Gasteiger partial charge in [0.05, 0.1) is 17.8 Å². The van der Waals surface area contributed by atoms with E-state index in [-0.39, 0.29) is 24.6 Å². The summed E-state index contributed by atoms with van der Waals surface area (Å²) in [6.07, 6.45) is 2.31. The first-order valence-electron chi connectivity index (χ1n) is 11.0. The van der Waals surface area contributed by atoms with Crippen molar-refractivity contribution in [2.24, 2.45) is 0 Å². The molecule has 2 aliphatic rings. The van der Waals surface area contributed by atoms with Crippen LogP contribution in [0, 0.1) is 0 Å². The summed E-state index contributed by atoms with van der Waals surface area (Å²) < 4.78 is 0. The zero-order valence-corrected chi connectivity index (χ0v) is 18.8. The molecule has 2 aliphatic heterocycles. The highest BCUT2D eigenvalue weighted by Crippen LogP contribution is 2.41. The number of rotatable bonds is 5. The molecule has 0 aromatic carbocycles. The van der Waals surface area contributed by atoms with Crippen LogP contribution in [-0.2, 0) is 12.1 Å². The molecule has 0 saturated carbocycles. The molecule has 1 unspecified atom stereocenters. The van der Waals surface area contributed by atoms with Gasteiger partial charge < -0.3 is 20.2 Å². The van der Waals surface area contributed by atoms with E-state index in [1.165, 1.54) is 0 Å². The third kappa shape index (κ3) is 4.07. The number of aromatic nitrogens is 3. The molecule has 0 aliphatic carbocycles. The number of nitrogens with one attached hydrogen (secondary N) is 2. The molecule has 2 aromatic heterocycles. The third-order valence-electron chi connectivity index (χ3n) is 6.42. The number of nitrogens with zero attached hydrogens (tertiary/aromatic N) is 5. The Morgan fingerprint density at radius 1 is 1.31 bits per heavy atom. The number of anilines is 1. The first-order valence-corrected chi connectivity index (χ1v) is 11.0. The van der Waals surface area contributed by atoms with Crippen molar-refractivity contribution < 1.29 is 14.7 Å². The van der Waals surface area contributed by atoms with Crippen LogP contribution in [0.2, 0.25) is 0 Å². The summed E-state index contributed by atoms with van der Waals surface area (Å²) in [7, 11) is 0. The predicted octanol–water partition coefficient (Wildman–Crippen LogP) is 1.62. The van der Waals surface area contributed by atoms with Gasteiger partial charge in [0.2, 0.25) is 0 Å². The lowest BCUT2D eigenvalue weighted by atomic mass is 10.0. The van der Waals surface area contributed by atoms with E-state index < -0.39 is 5.54 Å². The highest BCUT2D eigenvalue weighted by molar-refractivity contribution is 6.02. The number of pyridine rings is 1. The van der Waals surface area contributed by atoms with Crippen molar-refractivity contribution in [3.8, 4) is 0 Å². The van der Waals surface area contributed by atoms with Gasteiger partial charge >= 0.3 is 6.03 Å². The number of H-pyrrole nitrogens is 1. The average Bonchev–Trinajstić information content (AvgIpc) is 3.30. The number of carbonyl (C=O) groups is 2. The Hall–Kier alpha value is -2.98. The molecule has 3 amide bonds. The maximum Gasteiger partial charge on any atom is 0.321 e. The van der Waals surface area contributed by atoms with Crippen LogP contribution in [0.25, 0.3) is 0 Å². The van der Waals surface area contributed by atoms with Crippen LogP contribution in [0.4, 0.5) is 10.6 Å². The van der Waals surface area contributed by atoms with E-state index in [0.29, 0.717) is 24.6 Å². The van der Waals surface area contributed by atoms with E-state index in [1.54, 1.807) is 24.4 Å². The van der Waals surface area contributed by atoms with Gasteiger partial charge in [-0.1, -0.05) is 6.07 Å². The van der Waals surface area contributed by atoms with Crippen LogP contribution in [0.15, 0.2) is 24.4 Å². The summed E-state index contributed by atoms with van der Waals surface area (Å²) in [5.74, 6) is 0.0935. The fraction of sp³-hybridized carbons (Fsp3) is 0.545. The second kappa shape index (κ2) is 8.87. The molecule has 1 saturated heterocycles. The first kappa shape index (κ1) is 22.2. The summed E-state index contributed by atoms with van der Waals surface area (Å²) in [5, 5.41) is 19.2. The van der Waals surface area contributed by atoms with Gasteiger partial charge in [0.1, 0.15) is 5.69 Å². The van der Waals surface area contributed by atoms with Crippen LogP contribution in [-0.4, -0.2) is 85.8 Å². The highest BCUT2D eigenvalue weighted by Gasteiger charge is 2.46. The minimum absolute atomic E-state index is 0.0177. The maximum atomic E-state index is 13.5. The molecule has 4 rings (SSSR count). The monoisotopic (exact) mass is 441 g/mol. The molecule has 2 aromatic rings. The zero-order valence-electron chi connectivity index (χ0n) is 18.8. The van der Waals surface area contributed by atoms with Crippen molar-refractivity contribution in [1.29, 1.82) is 0 Å². The second-order valence-corrected chi connectivity index (χ2v) is 8.94. The quantitative estimate of drug-likeness (QED) is 0.649. The van der Waals surface area contributed by atoms with E-state index in [4.69, 9.17) is 5.11 Å². The number of amides is 3. The number of aliphatic hydroxyl groups is 1. The van der Waals surface area contributed by atoms with Gasteiger partial charge in [0, 0.05) is 50.6 Å². The molecule has 10 nitrogen and oxygen atoms in total. The van der Waals surface area contributed by atoms with E-state index in [2.05, 4.69) is 32.3 Å².